The second kappa shape index (κ2) is 15.9. The van der Waals surface area contributed by atoms with Crippen molar-refractivity contribution < 1.29 is 17.0 Å². The monoisotopic (exact) mass is 634 g/mol. The van der Waals surface area contributed by atoms with Crippen LogP contribution in [0.5, 0.6) is 0 Å². The van der Waals surface area contributed by atoms with E-state index < -0.39 is 17.0 Å². The van der Waals surface area contributed by atoms with Gasteiger partial charge in [0.15, 0.2) is 0 Å². The molecule has 0 aromatic heterocycles. The molecule has 2 aliphatic rings. The van der Waals surface area contributed by atoms with Crippen LogP contribution in [0.2, 0.25) is 0 Å². The Bertz CT molecular complexity index is 1420. The second-order valence-corrected chi connectivity index (χ2v) is 17.0. The summed E-state index contributed by atoms with van der Waals surface area (Å²) in [7, 11) is 9.84. The van der Waals surface area contributed by atoms with Crippen LogP contribution in [-0.4, -0.2) is 11.3 Å². The second-order valence-electron chi connectivity index (χ2n) is 11.6. The van der Waals surface area contributed by atoms with Gasteiger partial charge in [0.2, 0.25) is 0 Å². The summed E-state index contributed by atoms with van der Waals surface area (Å²) in [6.07, 6.45) is 14.9. The molecule has 0 nitrogen and oxygen atoms in total. The van der Waals surface area contributed by atoms with Crippen LogP contribution < -0.4 is 5.30 Å². The van der Waals surface area contributed by atoms with Crippen LogP contribution >= 0.6 is 26.5 Å². The number of halogens is 2. The summed E-state index contributed by atoms with van der Waals surface area (Å²) in [6.45, 7) is 2.15. The van der Waals surface area contributed by atoms with E-state index in [1.165, 1.54) is 102 Å². The van der Waals surface area contributed by atoms with Crippen molar-refractivity contribution in [2.24, 2.45) is 0 Å². The van der Waals surface area contributed by atoms with Crippen LogP contribution in [0.15, 0.2) is 97.1 Å². The van der Waals surface area contributed by atoms with Crippen LogP contribution in [0.1, 0.15) is 69.8 Å². The third kappa shape index (κ3) is 8.16. The molecule has 7 rings (SSSR count). The Morgan fingerprint density at radius 3 is 1.88 bits per heavy atom. The van der Waals surface area contributed by atoms with Gasteiger partial charge in [0.1, 0.15) is 0 Å². The van der Waals surface area contributed by atoms with Gasteiger partial charge in [0, 0.05) is 0 Å². The Hall–Kier alpha value is -1.40. The molecule has 0 saturated heterocycles. The average molecular weight is 635 g/mol. The Balaban J connectivity index is 0.000000157. The van der Waals surface area contributed by atoms with E-state index in [0.717, 1.165) is 11.3 Å². The maximum Gasteiger partial charge on any atom is -0.0181 e. The van der Waals surface area contributed by atoms with Gasteiger partial charge in [-0.3, -0.25) is 0 Å². The van der Waals surface area contributed by atoms with Crippen LogP contribution in [0.4, 0.5) is 0 Å². The predicted molar refractivity (Wildman–Crippen MR) is 181 cm³/mol. The van der Waals surface area contributed by atoms with Crippen LogP contribution in [0.3, 0.4) is 0 Å². The van der Waals surface area contributed by atoms with Crippen molar-refractivity contribution in [1.29, 1.82) is 0 Å². The van der Waals surface area contributed by atoms with Gasteiger partial charge < -0.3 is 0 Å². The summed E-state index contributed by atoms with van der Waals surface area (Å²) in [5, 5.41) is 7.35. The maximum absolute atomic E-state index is 4.89. The van der Waals surface area contributed by atoms with Gasteiger partial charge in [-0.2, -0.15) is 12.1 Å². The molecule has 0 N–H and O–H groups in total. The van der Waals surface area contributed by atoms with Crippen LogP contribution in [-0.2, 0) is 17.0 Å². The molecule has 0 aliphatic heterocycles. The molecule has 214 valence electrons. The maximum atomic E-state index is 4.89. The zero-order chi connectivity index (χ0) is 28.4. The number of fused-ring (bicyclic) bond motifs is 2. The molecule has 41 heavy (non-hydrogen) atoms. The van der Waals surface area contributed by atoms with E-state index in [9.17, 15) is 0 Å². The Morgan fingerprint density at radius 1 is 0.659 bits per heavy atom. The van der Waals surface area contributed by atoms with Crippen LogP contribution in [0.25, 0.3) is 32.7 Å². The summed E-state index contributed by atoms with van der Waals surface area (Å²) >= 11 is -0.556. The van der Waals surface area contributed by atoms with Gasteiger partial charge in [-0.1, -0.05) is 101 Å². The first-order valence-electron chi connectivity index (χ1n) is 15.3. The number of hydrogen-bond donors (Lipinski definition) is 0. The van der Waals surface area contributed by atoms with Crippen LogP contribution in [0, 0.1) is 6.92 Å². The number of benzene rings is 3. The van der Waals surface area contributed by atoms with Crippen molar-refractivity contribution in [2.75, 3.05) is 0 Å². The molecule has 0 spiro atoms. The van der Waals surface area contributed by atoms with Crippen molar-refractivity contribution in [1.82, 2.24) is 0 Å². The number of aryl methyl sites for hydroxylation is 1. The van der Waals surface area contributed by atoms with Crippen molar-refractivity contribution in [3.63, 3.8) is 0 Å². The molecule has 0 radical (unpaired) electrons. The van der Waals surface area contributed by atoms with Gasteiger partial charge in [-0.05, 0) is 42.6 Å². The van der Waals surface area contributed by atoms with Gasteiger partial charge in [-0.25, -0.2) is 0 Å². The Kier molecular flexibility index (Phi) is 12.0. The zero-order valence-corrected chi connectivity index (χ0v) is 28.1. The van der Waals surface area contributed by atoms with E-state index >= 15 is 0 Å². The summed E-state index contributed by atoms with van der Waals surface area (Å²) in [6, 6.07) is 35.6. The molecule has 5 aromatic rings. The molecule has 0 amide bonds. The molecule has 0 heterocycles. The summed E-state index contributed by atoms with van der Waals surface area (Å²) in [5.41, 5.74) is 5.98. The Morgan fingerprint density at radius 2 is 1.24 bits per heavy atom. The summed E-state index contributed by atoms with van der Waals surface area (Å²) in [4.78, 5) is 0. The molecule has 2 fully saturated rings. The quantitative estimate of drug-likeness (QED) is 0.105. The van der Waals surface area contributed by atoms with E-state index in [1.807, 2.05) is 0 Å². The normalized spacial score (nSPS) is 16.2. The molecular formula is C37H41Cl2PTi-2. The smallest absolute Gasteiger partial charge is 0.0181 e. The first kappa shape index (κ1) is 31.0. The van der Waals surface area contributed by atoms with Crippen molar-refractivity contribution in [2.45, 2.75) is 82.4 Å². The molecule has 0 unspecified atom stereocenters. The fourth-order valence-corrected chi connectivity index (χ4v) is 10.8. The molecule has 0 bridgehead atoms. The van der Waals surface area contributed by atoms with Gasteiger partial charge >= 0.3 is 35.6 Å². The first-order chi connectivity index (χ1) is 20.2. The molecule has 0 atom stereocenters. The summed E-state index contributed by atoms with van der Waals surface area (Å²) < 4.78 is 0. The van der Waals surface area contributed by atoms with Crippen molar-refractivity contribution in [3.05, 3.63) is 103 Å². The van der Waals surface area contributed by atoms with E-state index in [2.05, 4.69) is 104 Å². The van der Waals surface area contributed by atoms with E-state index in [4.69, 9.17) is 18.6 Å². The summed E-state index contributed by atoms with van der Waals surface area (Å²) in [5.74, 6) is 0. The predicted octanol–water partition coefficient (Wildman–Crippen LogP) is 12.2. The third-order valence-corrected chi connectivity index (χ3v) is 12.3. The van der Waals surface area contributed by atoms with E-state index in [1.54, 1.807) is 5.30 Å². The minimum absolute atomic E-state index is 0.0611. The first-order valence-corrected chi connectivity index (χ1v) is 21.1. The SMILES string of the molecule is Cc1cc2c(-c3ccccc3)cccc2[cH-]1.[Cl][Ti][Cl].c1ccc2[cH-]c(P(C3CCCCC3)C3CCCCC3)cc2c1. The molecule has 5 aromatic carbocycles. The minimum Gasteiger partial charge on any atom is -0.161 e. The average Bonchev–Trinajstić information content (AvgIpc) is 3.62. The number of hydrogen-bond acceptors (Lipinski definition) is 0. The Labute approximate surface area is 265 Å². The van der Waals surface area contributed by atoms with E-state index in [0.29, 0.717) is 0 Å². The fourth-order valence-electron chi connectivity index (χ4n) is 6.98. The largest absolute Gasteiger partial charge is 0.161 e. The molecule has 2 aliphatic carbocycles. The fraction of sp³-hybridized carbons (Fsp3) is 0.351. The minimum atomic E-state index is -0.556. The van der Waals surface area contributed by atoms with Crippen molar-refractivity contribution in [3.8, 4) is 11.1 Å². The standard InChI is InChI=1S/C21H28P.C16H13.2ClH.Ti/c1-3-11-19(12-4-1)22(20-13-5-2-6-14-20)21-15-17-9-7-8-10-18(17)16-21;1-12-10-14-8-5-9-15(16(14)11-12)13-6-3-2-4-7-13;;;/h7-10,15-16,19-20H,1-6,11-14H2;2-11H,1H3;2*1H;/q2*-1;;;+2/p-2. The molecule has 2 saturated carbocycles. The third-order valence-electron chi connectivity index (χ3n) is 8.82. The van der Waals surface area contributed by atoms with Gasteiger partial charge in [-0.15, -0.1) is 74.9 Å². The topological polar surface area (TPSA) is 0 Å². The molecular weight excluding hydrogens is 594 g/mol. The van der Waals surface area contributed by atoms with Gasteiger partial charge in [0.05, 0.1) is 0 Å². The molecule has 4 heteroatoms. The van der Waals surface area contributed by atoms with Crippen molar-refractivity contribution >= 4 is 53.4 Å². The van der Waals surface area contributed by atoms with E-state index in [-0.39, 0.29) is 7.92 Å². The zero-order valence-electron chi connectivity index (χ0n) is 24.2. The number of rotatable bonds is 4. The van der Waals surface area contributed by atoms with Gasteiger partial charge in [0.25, 0.3) is 0 Å².